The van der Waals surface area contributed by atoms with Gasteiger partial charge < -0.3 is 19.2 Å². The van der Waals surface area contributed by atoms with Crippen LogP contribution in [0, 0.1) is 0 Å². The number of carbonyl (C=O) groups excluding carboxylic acids is 1. The number of carbonyl (C=O) groups is 1. The van der Waals surface area contributed by atoms with E-state index in [0.717, 1.165) is 12.1 Å². The smallest absolute Gasteiger partial charge is 0.433 e. The fourth-order valence-corrected chi connectivity index (χ4v) is 2.99. The van der Waals surface area contributed by atoms with Crippen LogP contribution in [0.1, 0.15) is 16.1 Å². The van der Waals surface area contributed by atoms with E-state index in [4.69, 9.17) is 13.9 Å². The first-order valence-corrected chi connectivity index (χ1v) is 9.80. The van der Waals surface area contributed by atoms with Gasteiger partial charge >= 0.3 is 6.18 Å². The lowest BCUT2D eigenvalue weighted by Gasteiger charge is -2.12. The average Bonchev–Trinajstić information content (AvgIpc) is 3.33. The molecule has 8 nitrogen and oxygen atoms in total. The van der Waals surface area contributed by atoms with Gasteiger partial charge in [0.05, 0.1) is 19.8 Å². The molecule has 4 rings (SSSR count). The minimum Gasteiger partial charge on any atom is -0.497 e. The lowest BCUT2D eigenvalue weighted by Crippen LogP contribution is -2.16. The van der Waals surface area contributed by atoms with Crippen molar-refractivity contribution in [2.45, 2.75) is 6.18 Å². The van der Waals surface area contributed by atoms with Crippen molar-refractivity contribution < 1.29 is 31.9 Å². The number of benzene rings is 2. The maximum atomic E-state index is 13.3. The first-order chi connectivity index (χ1) is 16.3. The zero-order valence-electron chi connectivity index (χ0n) is 17.9. The fourth-order valence-electron chi connectivity index (χ4n) is 2.99. The second-order valence-electron chi connectivity index (χ2n) is 6.91. The lowest BCUT2D eigenvalue weighted by atomic mass is 10.2. The monoisotopic (exact) mass is 470 g/mol. The third-order valence-electron chi connectivity index (χ3n) is 4.76. The van der Waals surface area contributed by atoms with Gasteiger partial charge in [-0.05, 0) is 60.7 Å². The van der Waals surface area contributed by atoms with E-state index in [1.807, 2.05) is 0 Å². The molecule has 0 spiro atoms. The van der Waals surface area contributed by atoms with Crippen molar-refractivity contribution in [2.24, 2.45) is 0 Å². The average molecular weight is 470 g/mol. The molecule has 0 unspecified atom stereocenters. The number of methoxy groups -OCH3 is 2. The third-order valence-corrected chi connectivity index (χ3v) is 4.76. The Balaban J connectivity index is 1.69. The standard InChI is InChI=1S/C23H17F3N4O4/c1-32-15-7-3-13(4-8-15)20(31)28-19-17(11-12-18(27-19)23(24,25)26)22-30-29-21(34-22)14-5-9-16(33-2)10-6-14/h3-12H,1-2H3,(H,27,28,31). The predicted octanol–water partition coefficient (Wildman–Crippen LogP) is 5.09. The molecule has 0 aliphatic heterocycles. The molecule has 0 bridgehead atoms. The Hall–Kier alpha value is -4.41. The van der Waals surface area contributed by atoms with Crippen LogP contribution in [0.5, 0.6) is 11.5 Å². The number of aromatic nitrogens is 3. The highest BCUT2D eigenvalue weighted by Crippen LogP contribution is 2.34. The SMILES string of the molecule is COc1ccc(C(=O)Nc2nc(C(F)(F)F)ccc2-c2nnc(-c3ccc(OC)cc3)o2)cc1. The predicted molar refractivity (Wildman–Crippen MR) is 115 cm³/mol. The zero-order valence-corrected chi connectivity index (χ0v) is 17.9. The van der Waals surface area contributed by atoms with Crippen molar-refractivity contribution in [1.82, 2.24) is 15.2 Å². The van der Waals surface area contributed by atoms with Crippen LogP contribution in [-0.2, 0) is 6.18 Å². The highest BCUT2D eigenvalue weighted by molar-refractivity contribution is 6.05. The normalized spacial score (nSPS) is 11.2. The minimum absolute atomic E-state index is 0.0297. The van der Waals surface area contributed by atoms with E-state index in [-0.39, 0.29) is 28.7 Å². The molecule has 34 heavy (non-hydrogen) atoms. The van der Waals surface area contributed by atoms with Gasteiger partial charge in [-0.1, -0.05) is 0 Å². The molecule has 2 heterocycles. The highest BCUT2D eigenvalue weighted by atomic mass is 19.4. The number of ether oxygens (including phenoxy) is 2. The Labute approximate surface area is 191 Å². The van der Waals surface area contributed by atoms with E-state index in [0.29, 0.717) is 17.1 Å². The zero-order chi connectivity index (χ0) is 24.3. The number of amides is 1. The minimum atomic E-state index is -4.72. The summed E-state index contributed by atoms with van der Waals surface area (Å²) >= 11 is 0. The van der Waals surface area contributed by atoms with E-state index in [1.54, 1.807) is 36.4 Å². The number of hydrogen-bond donors (Lipinski definition) is 1. The van der Waals surface area contributed by atoms with Crippen LogP contribution in [0.15, 0.2) is 65.1 Å². The second-order valence-corrected chi connectivity index (χ2v) is 6.91. The molecule has 1 N–H and O–H groups in total. The molecule has 174 valence electrons. The Morgan fingerprint density at radius 3 is 2.03 bits per heavy atom. The van der Waals surface area contributed by atoms with Crippen molar-refractivity contribution in [3.05, 3.63) is 71.9 Å². The van der Waals surface area contributed by atoms with E-state index in [1.165, 1.54) is 26.4 Å². The number of hydrogen-bond acceptors (Lipinski definition) is 7. The van der Waals surface area contributed by atoms with Gasteiger partial charge in [-0.15, -0.1) is 10.2 Å². The van der Waals surface area contributed by atoms with Crippen LogP contribution in [0.2, 0.25) is 0 Å². The first-order valence-electron chi connectivity index (χ1n) is 9.80. The number of pyridine rings is 1. The molecule has 0 saturated carbocycles. The van der Waals surface area contributed by atoms with Crippen molar-refractivity contribution in [1.29, 1.82) is 0 Å². The first kappa shape index (κ1) is 22.8. The molecule has 2 aromatic heterocycles. The molecule has 2 aromatic carbocycles. The number of rotatable bonds is 6. The van der Waals surface area contributed by atoms with Crippen LogP contribution in [0.3, 0.4) is 0 Å². The summed E-state index contributed by atoms with van der Waals surface area (Å²) in [6.07, 6.45) is -4.72. The topological polar surface area (TPSA) is 99.4 Å². The molecular weight excluding hydrogens is 453 g/mol. The Bertz CT molecular complexity index is 1300. The van der Waals surface area contributed by atoms with Crippen molar-refractivity contribution in [2.75, 3.05) is 19.5 Å². The molecular formula is C23H17F3N4O4. The highest BCUT2D eigenvalue weighted by Gasteiger charge is 2.34. The largest absolute Gasteiger partial charge is 0.497 e. The Morgan fingerprint density at radius 1 is 0.853 bits per heavy atom. The summed E-state index contributed by atoms with van der Waals surface area (Å²) in [7, 11) is 3.00. The quantitative estimate of drug-likeness (QED) is 0.419. The van der Waals surface area contributed by atoms with Crippen molar-refractivity contribution in [3.63, 3.8) is 0 Å². The fraction of sp³-hybridized carbons (Fsp3) is 0.130. The molecule has 0 radical (unpaired) electrons. The van der Waals surface area contributed by atoms with Gasteiger partial charge in [-0.25, -0.2) is 4.98 Å². The number of alkyl halides is 3. The van der Waals surface area contributed by atoms with Gasteiger partial charge in [-0.2, -0.15) is 13.2 Å². The van der Waals surface area contributed by atoms with E-state index in [9.17, 15) is 18.0 Å². The molecule has 0 atom stereocenters. The molecule has 1 amide bonds. The molecule has 0 fully saturated rings. The molecule has 0 aliphatic carbocycles. The summed E-state index contributed by atoms with van der Waals surface area (Å²) in [5.74, 6) is 0.110. The third kappa shape index (κ3) is 4.82. The van der Waals surface area contributed by atoms with E-state index in [2.05, 4.69) is 20.5 Å². The van der Waals surface area contributed by atoms with E-state index < -0.39 is 17.8 Å². The van der Waals surface area contributed by atoms with E-state index >= 15 is 0 Å². The van der Waals surface area contributed by atoms with Gasteiger partial charge in [0.15, 0.2) is 0 Å². The molecule has 0 aliphatic rings. The van der Waals surface area contributed by atoms with Crippen LogP contribution in [0.25, 0.3) is 22.9 Å². The number of nitrogens with one attached hydrogen (secondary N) is 1. The van der Waals surface area contributed by atoms with Crippen LogP contribution < -0.4 is 14.8 Å². The summed E-state index contributed by atoms with van der Waals surface area (Å²) < 4.78 is 55.7. The summed E-state index contributed by atoms with van der Waals surface area (Å²) in [5.41, 5.74) is -0.392. The van der Waals surface area contributed by atoms with Gasteiger partial charge in [0, 0.05) is 11.1 Å². The number of nitrogens with zero attached hydrogens (tertiary/aromatic N) is 3. The van der Waals surface area contributed by atoms with Gasteiger partial charge in [0.25, 0.3) is 11.8 Å². The lowest BCUT2D eigenvalue weighted by molar-refractivity contribution is -0.141. The maximum Gasteiger partial charge on any atom is 0.433 e. The number of anilines is 1. The molecule has 0 saturated heterocycles. The summed E-state index contributed by atoms with van der Waals surface area (Å²) in [6, 6.07) is 14.7. The summed E-state index contributed by atoms with van der Waals surface area (Å²) in [6.45, 7) is 0. The van der Waals surface area contributed by atoms with Crippen LogP contribution in [-0.4, -0.2) is 35.3 Å². The summed E-state index contributed by atoms with van der Waals surface area (Å²) in [4.78, 5) is 16.3. The Kier molecular flexibility index (Phi) is 6.17. The van der Waals surface area contributed by atoms with Crippen LogP contribution >= 0.6 is 0 Å². The van der Waals surface area contributed by atoms with Crippen molar-refractivity contribution in [3.8, 4) is 34.4 Å². The van der Waals surface area contributed by atoms with Gasteiger partial charge in [0.2, 0.25) is 5.89 Å². The molecule has 11 heteroatoms. The molecule has 4 aromatic rings. The Morgan fingerprint density at radius 2 is 1.44 bits per heavy atom. The van der Waals surface area contributed by atoms with Gasteiger partial charge in [-0.3, -0.25) is 4.79 Å². The van der Waals surface area contributed by atoms with Crippen LogP contribution in [0.4, 0.5) is 19.0 Å². The summed E-state index contributed by atoms with van der Waals surface area (Å²) in [5, 5.41) is 10.3. The second kappa shape index (κ2) is 9.22. The van der Waals surface area contributed by atoms with Crippen molar-refractivity contribution >= 4 is 11.7 Å². The van der Waals surface area contributed by atoms with Gasteiger partial charge in [0.1, 0.15) is 23.0 Å². The number of halogens is 3. The maximum absolute atomic E-state index is 13.3.